The number of benzene rings is 1. The van der Waals surface area contributed by atoms with Crippen molar-refractivity contribution in [3.63, 3.8) is 0 Å². The molecular weight excluding hydrogens is 1270 g/mol. The average molecular weight is 1430 g/mol. The summed E-state index contributed by atoms with van der Waals surface area (Å²) >= 11 is 0. The molecule has 3 aliphatic carbocycles. The summed E-state index contributed by atoms with van der Waals surface area (Å²) in [5.41, 5.74) is 1.51. The van der Waals surface area contributed by atoms with Gasteiger partial charge >= 0.3 is 0 Å². The second-order valence-corrected chi connectivity index (χ2v) is 42.4. The molecule has 9 rings (SSSR count). The fourth-order valence-corrected chi connectivity index (χ4v) is 13.4. The van der Waals surface area contributed by atoms with E-state index in [-0.39, 0.29) is 60.1 Å². The van der Waals surface area contributed by atoms with E-state index in [1.54, 1.807) is 0 Å². The zero-order valence-corrected chi connectivity index (χ0v) is 72.3. The Morgan fingerprint density at radius 2 is 0.825 bits per heavy atom. The lowest BCUT2D eigenvalue weighted by Crippen LogP contribution is -2.66. The van der Waals surface area contributed by atoms with Gasteiger partial charge in [-0.15, -0.1) is 0 Å². The molecule has 3 saturated carbocycles. The summed E-state index contributed by atoms with van der Waals surface area (Å²) in [6.07, 6.45) is 22.4. The second-order valence-electron chi connectivity index (χ2n) is 42.4. The fourth-order valence-electron chi connectivity index (χ4n) is 13.4. The Balaban J connectivity index is 0.000000313. The van der Waals surface area contributed by atoms with Gasteiger partial charge in [0.15, 0.2) is 5.60 Å². The summed E-state index contributed by atoms with van der Waals surface area (Å²) in [6, 6.07) is 6.73. The number of piperidine rings is 2. The minimum absolute atomic E-state index is 0.00165. The minimum atomic E-state index is -0.777. The molecule has 1 aromatic rings. The van der Waals surface area contributed by atoms with E-state index in [0.29, 0.717) is 35.4 Å². The number of β-amino-alcohol motifs (C(OH)–C–C–N with tert-alkyl or cyclic N) is 1. The number of halogens is 1. The predicted octanol–water partition coefficient (Wildman–Crippen LogP) is 20.7. The maximum atomic E-state index is 12.8. The lowest BCUT2D eigenvalue weighted by atomic mass is 9.50. The van der Waals surface area contributed by atoms with Crippen LogP contribution in [0.1, 0.15) is 322 Å². The molecule has 0 atom stereocenters. The standard InChI is InChI=1S/C17H23F.C14H28N2.C14H26.C13H23NO.C13H20O.C12H18O2.C11H18O/c1-16(2,3)12-13-17(4,5)11-10-14-6-8-15(18)9-7-14;1-13(2,3)16-11-7-14(8-12-16)5-9-15(4)10-6-14;1-7-8-9-10-14(5,6)12-11-13(2,3)4;1-11(2,3)7-8-13(15)9-14(10-13)12(4,5)6;1-11(2,3)7-8-13(14)9-12(10-13)5-4-6-12;1-10(2,3)4-5-12(13)6-11(7-12)8-14-9-11;1-11(2,3)7-4-10-5-8-12-9-6-10/h6-9H,10-11H2,1-5H3;5-12H2,1-4H3;7-10H2,1-6H3;15H,9-10H2,1-6H3;14H,4-6,9-10H2,1-3H3;13H,6-9H2,1-3H3;10H,5-6,8-9H2,1-3H3. The van der Waals surface area contributed by atoms with Crippen LogP contribution in [0.25, 0.3) is 0 Å². The van der Waals surface area contributed by atoms with Gasteiger partial charge in [-0.3, -0.25) is 9.80 Å². The second kappa shape index (κ2) is 37.5. The quantitative estimate of drug-likeness (QED) is 0.184. The van der Waals surface area contributed by atoms with Gasteiger partial charge in [0, 0.05) is 92.0 Å². The number of nitrogens with zero attached hydrogens (tertiary/aromatic N) is 3. The summed E-state index contributed by atoms with van der Waals surface area (Å²) in [6.45, 7) is 72.5. The Bertz CT molecular complexity index is 3050. The smallest absolute Gasteiger partial charge is 0.150 e. The molecule has 5 saturated heterocycles. The number of hydrogen-bond acceptors (Lipinski definition) is 8. The van der Waals surface area contributed by atoms with Gasteiger partial charge in [-0.25, -0.2) is 4.39 Å². The van der Waals surface area contributed by atoms with Crippen LogP contribution in [0, 0.1) is 142 Å². The third kappa shape index (κ3) is 38.7. The molecule has 1 aromatic carbocycles. The van der Waals surface area contributed by atoms with Crippen molar-refractivity contribution in [1.29, 1.82) is 0 Å². The molecule has 0 unspecified atom stereocenters. The van der Waals surface area contributed by atoms with Gasteiger partial charge in [0.25, 0.3) is 0 Å². The SMILES string of the molecule is CC(C)(C)C#CC(C)(C)CCc1ccc(F)cc1.CC(C)(C)C#CC1(O)CC2(CCC2)C1.CC(C)(C)C#CC1(O)CC2(COC2)C1.CC(C)(C)C#CC1(O)CN(C(C)(C)C)C1.CC(C)(C)C#CC1CCOCC1.CCCCCC(C)(C)C#CC(C)(C)C.CN1CCC2(CC1)CCN(C(C)(C)C)CC2. The molecule has 103 heavy (non-hydrogen) atoms. The van der Waals surface area contributed by atoms with Gasteiger partial charge in [0.05, 0.1) is 13.2 Å². The zero-order chi connectivity index (χ0) is 78.7. The molecule has 8 nitrogen and oxygen atoms in total. The lowest BCUT2D eigenvalue weighted by Gasteiger charge is -2.56. The van der Waals surface area contributed by atoms with E-state index in [4.69, 9.17) is 9.47 Å². The Morgan fingerprint density at radius 1 is 0.437 bits per heavy atom. The van der Waals surface area contributed by atoms with E-state index in [1.165, 1.54) is 115 Å². The van der Waals surface area contributed by atoms with Crippen molar-refractivity contribution in [2.75, 3.05) is 72.7 Å². The first-order chi connectivity index (χ1) is 46.6. The molecule has 5 heterocycles. The van der Waals surface area contributed by atoms with Crippen molar-refractivity contribution < 1.29 is 29.2 Å². The van der Waals surface area contributed by atoms with Gasteiger partial charge in [0.1, 0.15) is 17.0 Å². The number of hydrogen-bond donors (Lipinski definition) is 3. The van der Waals surface area contributed by atoms with Crippen molar-refractivity contribution in [3.05, 3.63) is 35.6 Å². The van der Waals surface area contributed by atoms with E-state index < -0.39 is 16.8 Å². The number of aryl methyl sites for hydroxylation is 1. The highest BCUT2D eigenvalue weighted by Crippen LogP contribution is 2.60. The van der Waals surface area contributed by atoms with Crippen LogP contribution in [-0.4, -0.2) is 131 Å². The molecule has 0 amide bonds. The van der Waals surface area contributed by atoms with Crippen molar-refractivity contribution in [3.8, 4) is 71.0 Å². The Morgan fingerprint density at radius 3 is 1.18 bits per heavy atom. The number of unbranched alkanes of at least 4 members (excludes halogenated alkanes) is 2. The first-order valence-corrected chi connectivity index (χ1v) is 40.1. The zero-order valence-electron chi connectivity index (χ0n) is 72.3. The molecule has 9 heteroatoms. The summed E-state index contributed by atoms with van der Waals surface area (Å²) in [4.78, 5) is 7.39. The van der Waals surface area contributed by atoms with Gasteiger partial charge in [-0.2, -0.15) is 0 Å². The van der Waals surface area contributed by atoms with Gasteiger partial charge in [-0.1, -0.05) is 116 Å². The molecule has 3 spiro atoms. The number of ether oxygens (including phenoxy) is 2. The molecule has 0 bridgehead atoms. The summed E-state index contributed by atoms with van der Waals surface area (Å²) < 4.78 is 23.2. The molecule has 584 valence electrons. The van der Waals surface area contributed by atoms with E-state index in [2.05, 4.69) is 294 Å². The van der Waals surface area contributed by atoms with Gasteiger partial charge in [-0.05, 0) is 352 Å². The van der Waals surface area contributed by atoms with Gasteiger partial charge in [0.2, 0.25) is 0 Å². The first-order valence-electron chi connectivity index (χ1n) is 40.1. The van der Waals surface area contributed by atoms with Crippen LogP contribution < -0.4 is 0 Å². The number of rotatable bonds is 7. The van der Waals surface area contributed by atoms with Crippen LogP contribution in [0.4, 0.5) is 4.39 Å². The van der Waals surface area contributed by atoms with Crippen molar-refractivity contribution in [2.45, 2.75) is 351 Å². The number of aliphatic hydroxyl groups is 3. The molecular formula is C94H156FN3O5. The molecule has 5 aliphatic heterocycles. The van der Waals surface area contributed by atoms with E-state index in [0.717, 1.165) is 77.8 Å². The van der Waals surface area contributed by atoms with Gasteiger partial charge < -0.3 is 29.7 Å². The highest BCUT2D eigenvalue weighted by atomic mass is 19.1. The van der Waals surface area contributed by atoms with Crippen molar-refractivity contribution >= 4 is 0 Å². The Kier molecular flexibility index (Phi) is 34.0. The van der Waals surface area contributed by atoms with Crippen LogP contribution in [0.2, 0.25) is 0 Å². The molecule has 0 aromatic heterocycles. The molecule has 0 radical (unpaired) electrons. The van der Waals surface area contributed by atoms with E-state index in [1.807, 2.05) is 12.1 Å². The Hall–Kier alpha value is -3.81. The maximum absolute atomic E-state index is 12.8. The summed E-state index contributed by atoms with van der Waals surface area (Å²) in [5.74, 6) is 38.9. The fraction of sp³-hybridized carbons (Fsp3) is 0.809. The lowest BCUT2D eigenvalue weighted by molar-refractivity contribution is -0.220. The number of likely N-dealkylation sites (tertiary alicyclic amines) is 3. The third-order valence-electron chi connectivity index (χ3n) is 20.4. The first kappa shape index (κ1) is 93.4. The summed E-state index contributed by atoms with van der Waals surface area (Å²) in [5, 5.41) is 30.2. The van der Waals surface area contributed by atoms with Crippen molar-refractivity contribution in [1.82, 2.24) is 14.7 Å². The normalized spacial score (nSPS) is 21.9. The third-order valence-corrected chi connectivity index (χ3v) is 20.4. The average Bonchev–Trinajstić information content (AvgIpc) is 0.742. The maximum Gasteiger partial charge on any atom is 0.150 e. The highest BCUT2D eigenvalue weighted by Gasteiger charge is 2.58. The summed E-state index contributed by atoms with van der Waals surface area (Å²) in [7, 11) is 2.26. The van der Waals surface area contributed by atoms with Crippen LogP contribution >= 0.6 is 0 Å². The van der Waals surface area contributed by atoms with Crippen LogP contribution in [-0.2, 0) is 15.9 Å². The van der Waals surface area contributed by atoms with Crippen LogP contribution in [0.3, 0.4) is 0 Å². The van der Waals surface area contributed by atoms with Crippen LogP contribution in [0.15, 0.2) is 24.3 Å². The topological polar surface area (TPSA) is 88.9 Å². The van der Waals surface area contributed by atoms with E-state index in [9.17, 15) is 19.7 Å². The van der Waals surface area contributed by atoms with E-state index >= 15 is 0 Å². The minimum Gasteiger partial charge on any atom is -0.381 e. The van der Waals surface area contributed by atoms with Crippen LogP contribution in [0.5, 0.6) is 0 Å². The molecule has 8 aliphatic rings. The monoisotopic (exact) mass is 1430 g/mol. The van der Waals surface area contributed by atoms with Crippen molar-refractivity contribution in [2.24, 2.45) is 65.5 Å². The largest absolute Gasteiger partial charge is 0.381 e. The predicted molar refractivity (Wildman–Crippen MR) is 437 cm³/mol. The Labute approximate surface area is 636 Å². The molecule has 8 fully saturated rings. The highest BCUT2D eigenvalue weighted by molar-refractivity contribution is 5.28. The molecule has 3 N–H and O–H groups in total.